The lowest BCUT2D eigenvalue weighted by molar-refractivity contribution is -0.432. The molecule has 0 fully saturated rings. The van der Waals surface area contributed by atoms with E-state index in [2.05, 4.69) is 29.3 Å². The number of nitrogens with one attached hydrogen (secondary N) is 2. The summed E-state index contributed by atoms with van der Waals surface area (Å²) in [6.45, 7) is 0. The second kappa shape index (κ2) is 9.88. The van der Waals surface area contributed by atoms with E-state index in [0.29, 0.717) is 29.2 Å². The molecule has 0 aliphatic heterocycles. The van der Waals surface area contributed by atoms with Crippen molar-refractivity contribution >= 4 is 64.5 Å². The average Bonchev–Trinajstić information content (AvgIpc) is 3.49. The van der Waals surface area contributed by atoms with Gasteiger partial charge in [0.05, 0.1) is 28.0 Å². The monoisotopic (exact) mass is 630 g/mol. The summed E-state index contributed by atoms with van der Waals surface area (Å²) in [4.78, 5) is 12.1. The highest BCUT2D eigenvalue weighted by Gasteiger charge is 2.24. The van der Waals surface area contributed by atoms with E-state index in [-0.39, 0.29) is 38.6 Å². The summed E-state index contributed by atoms with van der Waals surface area (Å²) in [7, 11) is -14.4. The van der Waals surface area contributed by atoms with Gasteiger partial charge in [-0.3, -0.25) is 13.7 Å². The highest BCUT2D eigenvalue weighted by molar-refractivity contribution is 7.94. The molecule has 0 amide bonds. The molecule has 0 aliphatic rings. The number of hydrogen-bond acceptors (Lipinski definition) is 12. The van der Waals surface area contributed by atoms with Crippen molar-refractivity contribution < 1.29 is 53.5 Å². The molecular weight excluding hydrogens is 617 g/mol. The molecule has 16 nitrogen and oxygen atoms in total. The Morgan fingerprint density at radius 3 is 1.60 bits per heavy atom. The van der Waals surface area contributed by atoms with Gasteiger partial charge in [0.2, 0.25) is 0 Å². The van der Waals surface area contributed by atoms with Gasteiger partial charge in [-0.05, 0) is 24.3 Å². The zero-order chi connectivity index (χ0) is 29.0. The van der Waals surface area contributed by atoms with Gasteiger partial charge in [-0.1, -0.05) is 29.3 Å². The minimum absolute atomic E-state index is 0.0829. The van der Waals surface area contributed by atoms with Gasteiger partial charge in [0.1, 0.15) is 32.5 Å². The fraction of sp³-hybridized carbons (Fsp3) is 0. The molecule has 20 heteroatoms. The summed E-state index contributed by atoms with van der Waals surface area (Å²) in [5, 5.41) is 11.9. The van der Waals surface area contributed by atoms with Gasteiger partial charge < -0.3 is 9.97 Å². The number of fused-ring (bicyclic) bond motifs is 2. The van der Waals surface area contributed by atoms with E-state index in [1.165, 1.54) is 18.2 Å². The Labute approximate surface area is 228 Å². The van der Waals surface area contributed by atoms with Gasteiger partial charge in [0, 0.05) is 16.0 Å². The Kier molecular flexibility index (Phi) is 6.94. The van der Waals surface area contributed by atoms with Gasteiger partial charge in [-0.2, -0.15) is 25.3 Å². The number of imidazole rings is 2. The fourth-order valence-corrected chi connectivity index (χ4v) is 6.30. The van der Waals surface area contributed by atoms with Crippen LogP contribution < -0.4 is 0 Å². The smallest absolute Gasteiger partial charge is 0.296 e. The summed E-state index contributed by atoms with van der Waals surface area (Å²) >= 11 is 0.470. The minimum Gasteiger partial charge on any atom is -0.338 e. The number of rotatable bonds is 8. The first-order valence-electron chi connectivity index (χ1n) is 10.4. The van der Waals surface area contributed by atoms with Crippen molar-refractivity contribution in [2.24, 2.45) is 0 Å². The van der Waals surface area contributed by atoms with Crippen LogP contribution in [0.3, 0.4) is 0 Å². The first kappa shape index (κ1) is 28.1. The van der Waals surface area contributed by atoms with Crippen molar-refractivity contribution in [3.8, 4) is 22.8 Å². The Balaban J connectivity index is 1.57. The summed E-state index contributed by atoms with van der Waals surface area (Å²) < 4.78 is 104. The molecule has 0 aliphatic carbocycles. The van der Waals surface area contributed by atoms with E-state index in [1.54, 1.807) is 12.1 Å². The number of aromatic nitrogens is 4. The third-order valence-electron chi connectivity index (χ3n) is 5.50. The third-order valence-corrected chi connectivity index (χ3v) is 8.62. The van der Waals surface area contributed by atoms with Gasteiger partial charge in [-0.15, -0.1) is 4.33 Å². The fourth-order valence-electron chi connectivity index (χ4n) is 3.83. The Hall–Kier alpha value is -3.44. The predicted octanol–water partition coefficient (Wildman–Crippen LogP) is 2.94. The summed E-state index contributed by atoms with van der Waals surface area (Å²) in [5.74, 6) is 0.286. The SMILES string of the molecule is O=S(=O)(O)c1cc(S(=O)(=O)O)c2nc(-c3ccc(-c4nc5c(S(=O)(=O)O)cc(SOOO)cc5[nH]4)cc3)[nH]c2c1. The Morgan fingerprint density at radius 1 is 0.675 bits per heavy atom. The van der Waals surface area contributed by atoms with E-state index >= 15 is 0 Å². The third kappa shape index (κ3) is 5.44. The zero-order valence-corrected chi connectivity index (χ0v) is 22.5. The average molecular weight is 631 g/mol. The molecule has 5 rings (SSSR count). The van der Waals surface area contributed by atoms with Crippen LogP contribution in [0.5, 0.6) is 0 Å². The summed E-state index contributed by atoms with van der Waals surface area (Å²) in [5.41, 5.74) is 0.593. The van der Waals surface area contributed by atoms with E-state index in [4.69, 9.17) is 5.26 Å². The van der Waals surface area contributed by atoms with E-state index in [9.17, 15) is 38.9 Å². The van der Waals surface area contributed by atoms with Crippen molar-refractivity contribution in [3.05, 3.63) is 48.5 Å². The normalized spacial score (nSPS) is 12.9. The van der Waals surface area contributed by atoms with Crippen LogP contribution in [0, 0.1) is 0 Å². The van der Waals surface area contributed by atoms with Crippen LogP contribution in [0.25, 0.3) is 44.8 Å². The largest absolute Gasteiger partial charge is 0.338 e. The maximum absolute atomic E-state index is 11.9. The molecule has 0 spiro atoms. The summed E-state index contributed by atoms with van der Waals surface area (Å²) in [6.07, 6.45) is 0. The molecule has 5 aromatic rings. The molecule has 0 radical (unpaired) electrons. The van der Waals surface area contributed by atoms with E-state index in [1.807, 2.05) is 0 Å². The maximum Gasteiger partial charge on any atom is 0.296 e. The molecular formula is C20H14N4O12S4. The lowest BCUT2D eigenvalue weighted by Gasteiger charge is -2.02. The Bertz CT molecular complexity index is 2120. The molecule has 6 N–H and O–H groups in total. The highest BCUT2D eigenvalue weighted by Crippen LogP contribution is 2.33. The molecule has 210 valence electrons. The van der Waals surface area contributed by atoms with Crippen LogP contribution in [0.15, 0.2) is 68.1 Å². The second-order valence-corrected chi connectivity index (χ2v) is 13.0. The van der Waals surface area contributed by atoms with Gasteiger partial charge in [0.15, 0.2) is 0 Å². The van der Waals surface area contributed by atoms with Gasteiger partial charge in [0.25, 0.3) is 30.4 Å². The molecule has 0 saturated carbocycles. The highest BCUT2D eigenvalue weighted by atomic mass is 32.2. The predicted molar refractivity (Wildman–Crippen MR) is 137 cm³/mol. The molecule has 2 aromatic heterocycles. The molecule has 2 heterocycles. The standard InChI is InChI=1S/C20H14N4O12S4/c25-35-36-37-11-5-13-17(15(6-11)39(29,30)31)23-19(21-13)9-1-3-10(4-2-9)20-22-14-7-12(38(26,27)28)8-16(18(14)24-20)40(32,33)34/h1-8,25H,(H,21,23)(H,22,24)(H,26,27,28)(H,29,30,31)(H,32,33,34). The molecule has 0 atom stereocenters. The number of hydrogen-bond donors (Lipinski definition) is 6. The number of aromatic amines is 2. The maximum atomic E-state index is 11.9. The molecule has 3 aromatic carbocycles. The van der Waals surface area contributed by atoms with Crippen LogP contribution >= 0.6 is 12.0 Å². The van der Waals surface area contributed by atoms with Crippen molar-refractivity contribution in [3.63, 3.8) is 0 Å². The quantitative estimate of drug-likeness (QED) is 0.0623. The number of H-pyrrole nitrogens is 2. The summed E-state index contributed by atoms with van der Waals surface area (Å²) in [6, 6.07) is 10.2. The van der Waals surface area contributed by atoms with E-state index < -0.39 is 45.0 Å². The first-order valence-corrected chi connectivity index (χ1v) is 15.5. The number of benzene rings is 3. The van der Waals surface area contributed by atoms with Crippen molar-refractivity contribution in [1.82, 2.24) is 19.9 Å². The van der Waals surface area contributed by atoms with Crippen LogP contribution in [-0.2, 0) is 39.7 Å². The van der Waals surface area contributed by atoms with Crippen molar-refractivity contribution in [1.29, 1.82) is 0 Å². The minimum atomic E-state index is -4.92. The molecule has 0 unspecified atom stereocenters. The van der Waals surface area contributed by atoms with Crippen LogP contribution in [0.1, 0.15) is 0 Å². The zero-order valence-electron chi connectivity index (χ0n) is 19.2. The lowest BCUT2D eigenvalue weighted by atomic mass is 10.1. The molecule has 0 saturated heterocycles. The van der Waals surface area contributed by atoms with Crippen LogP contribution in [0.2, 0.25) is 0 Å². The van der Waals surface area contributed by atoms with Crippen molar-refractivity contribution in [2.75, 3.05) is 0 Å². The van der Waals surface area contributed by atoms with Gasteiger partial charge >= 0.3 is 0 Å². The van der Waals surface area contributed by atoms with Gasteiger partial charge in [-0.25, -0.2) is 15.2 Å². The first-order chi connectivity index (χ1) is 18.6. The molecule has 0 bridgehead atoms. The Morgan fingerprint density at radius 2 is 1.15 bits per heavy atom. The van der Waals surface area contributed by atoms with E-state index in [0.717, 1.165) is 12.1 Å². The second-order valence-electron chi connectivity index (χ2n) is 8.03. The lowest BCUT2D eigenvalue weighted by Crippen LogP contribution is -2.04. The van der Waals surface area contributed by atoms with Crippen LogP contribution in [-0.4, -0.2) is 64.1 Å². The van der Waals surface area contributed by atoms with Crippen molar-refractivity contribution in [2.45, 2.75) is 19.6 Å². The number of nitrogens with zero attached hydrogens (tertiary/aromatic N) is 2. The van der Waals surface area contributed by atoms with Crippen LogP contribution in [0.4, 0.5) is 0 Å². The topological polar surface area (TPSA) is 259 Å². The molecule has 40 heavy (non-hydrogen) atoms.